The van der Waals surface area contributed by atoms with E-state index in [9.17, 15) is 14.4 Å². The van der Waals surface area contributed by atoms with Crippen LogP contribution in [-0.4, -0.2) is 72.8 Å². The van der Waals surface area contributed by atoms with E-state index in [-0.39, 0.29) is 24.3 Å². The Hall–Kier alpha value is -3.46. The summed E-state index contributed by atoms with van der Waals surface area (Å²) >= 11 is 3.56. The second-order valence-corrected chi connectivity index (χ2v) is 18.8. The first-order valence-corrected chi connectivity index (χ1v) is 23.1. The first kappa shape index (κ1) is 50.6. The lowest BCUT2D eigenvalue weighted by Crippen LogP contribution is -3.00. The van der Waals surface area contributed by atoms with Crippen LogP contribution in [0, 0.1) is 10.8 Å². The van der Waals surface area contributed by atoms with Crippen molar-refractivity contribution < 1.29 is 45.7 Å². The van der Waals surface area contributed by atoms with Gasteiger partial charge in [0.1, 0.15) is 24.7 Å². The lowest BCUT2D eigenvalue weighted by Gasteiger charge is -2.22. The van der Waals surface area contributed by atoms with E-state index in [2.05, 4.69) is 50.0 Å². The largest absolute Gasteiger partial charge is 1.00 e. The highest BCUT2D eigenvalue weighted by atomic mass is 35.5. The minimum Gasteiger partial charge on any atom is -1.00 e. The Kier molecular flexibility index (Phi) is 23.2. The number of rotatable bonds is 15. The maximum atomic E-state index is 11.8. The molecule has 0 aliphatic heterocycles. The van der Waals surface area contributed by atoms with E-state index in [0.29, 0.717) is 37.6 Å². The summed E-state index contributed by atoms with van der Waals surface area (Å²) in [6.07, 6.45) is 6.18. The molecule has 0 amide bonds. The molecule has 4 aromatic rings. The van der Waals surface area contributed by atoms with Gasteiger partial charge in [-0.2, -0.15) is 0 Å². The molecule has 0 aliphatic rings. The maximum absolute atomic E-state index is 11.8. The number of carbonyl (C=O) groups is 3. The highest BCUT2D eigenvalue weighted by Gasteiger charge is 2.24. The molecular formula is C42H59ClN2O7P2S2. The molecule has 0 saturated heterocycles. The van der Waals surface area contributed by atoms with Gasteiger partial charge in [-0.15, -0.1) is 22.7 Å². The number of esters is 2. The molecule has 0 bridgehead atoms. The Bertz CT molecular complexity index is 1770. The SMILES string of the molecule is COc1cc(N(C)CCOC(=O)C(C)(C)C)ccc1/C=C/c1cccs1.COc1cc(N(C)CCOC(=O)C(C)(C)C)ccc1C=O.[Cl-].[PH3+]PCc1cccs1. The summed E-state index contributed by atoms with van der Waals surface area (Å²) in [5.41, 5.74) is 2.48. The van der Waals surface area contributed by atoms with Gasteiger partial charge < -0.3 is 41.2 Å². The molecule has 0 fully saturated rings. The Labute approximate surface area is 352 Å². The molecule has 2 atom stereocenters. The standard InChI is InChI=1S/C21H27NO3S.C16H23NO4.C5H8P2S.ClH/c1-21(2,3)20(23)25-13-12-22(4)17-10-8-16(19(15-17)24-5)9-11-18-7-6-14-26-18;1-16(2,3)15(19)21-9-8-17(4)13-7-6-12(11-18)14(10-13)20-5;6-7-4-5-2-1-3-8-5;/h6-11,14-15H,12-13H2,1-5H3;6-7,10-11H,8-9H2,1-5H3;1-3,7H,4,6H2;1H/b11-9+;;;. The third-order valence-electron chi connectivity index (χ3n) is 7.84. The Morgan fingerprint density at radius 2 is 1.21 bits per heavy atom. The summed E-state index contributed by atoms with van der Waals surface area (Å²) in [6.45, 7) is 12.9. The zero-order valence-electron chi connectivity index (χ0n) is 34.3. The number of carbonyl (C=O) groups excluding carboxylic acids is 3. The first-order chi connectivity index (χ1) is 26.0. The van der Waals surface area contributed by atoms with Crippen LogP contribution in [0.4, 0.5) is 11.4 Å². The molecule has 2 heterocycles. The van der Waals surface area contributed by atoms with Crippen LogP contribution in [0.3, 0.4) is 0 Å². The molecule has 56 heavy (non-hydrogen) atoms. The number of aldehydes is 1. The minimum atomic E-state index is -0.493. The second-order valence-electron chi connectivity index (χ2n) is 14.4. The summed E-state index contributed by atoms with van der Waals surface area (Å²) in [6, 6.07) is 19.8. The van der Waals surface area contributed by atoms with E-state index in [1.165, 1.54) is 23.0 Å². The molecule has 9 nitrogen and oxygen atoms in total. The molecule has 4 rings (SSSR count). The fourth-order valence-corrected chi connectivity index (χ4v) is 7.91. The van der Waals surface area contributed by atoms with Gasteiger partial charge in [-0.3, -0.25) is 14.4 Å². The summed E-state index contributed by atoms with van der Waals surface area (Å²) in [7, 11) is 10.2. The number of hydrogen-bond acceptors (Lipinski definition) is 11. The predicted molar refractivity (Wildman–Crippen MR) is 239 cm³/mol. The Morgan fingerprint density at radius 3 is 1.62 bits per heavy atom. The summed E-state index contributed by atoms with van der Waals surface area (Å²) < 4.78 is 21.3. The number of benzene rings is 2. The predicted octanol–water partition coefficient (Wildman–Crippen LogP) is 6.94. The van der Waals surface area contributed by atoms with Gasteiger partial charge in [0.05, 0.1) is 43.7 Å². The van der Waals surface area contributed by atoms with Crippen LogP contribution in [0.25, 0.3) is 12.2 Å². The van der Waals surface area contributed by atoms with Crippen LogP contribution < -0.4 is 31.7 Å². The first-order valence-electron chi connectivity index (χ1n) is 17.9. The lowest BCUT2D eigenvalue weighted by molar-refractivity contribution is -0.153. The van der Waals surface area contributed by atoms with Crippen molar-refractivity contribution in [3.63, 3.8) is 0 Å². The van der Waals surface area contributed by atoms with Gasteiger partial charge in [0, 0.05) is 67.4 Å². The molecule has 0 N–H and O–H groups in total. The normalized spacial score (nSPS) is 11.1. The van der Waals surface area contributed by atoms with Crippen molar-refractivity contribution >= 4 is 81.6 Å². The monoisotopic (exact) mass is 864 g/mol. The molecule has 0 saturated carbocycles. The van der Waals surface area contributed by atoms with Crippen LogP contribution in [-0.2, 0) is 25.2 Å². The molecule has 2 aromatic heterocycles. The number of thiophene rings is 2. The van der Waals surface area contributed by atoms with E-state index in [4.69, 9.17) is 18.9 Å². The number of hydrogen-bond donors (Lipinski definition) is 0. The van der Waals surface area contributed by atoms with Gasteiger partial charge in [0.15, 0.2) is 6.29 Å². The fourth-order valence-electron chi connectivity index (χ4n) is 4.45. The molecule has 0 spiro atoms. The number of ether oxygens (including phenoxy) is 4. The Balaban J connectivity index is 0.000000467. The average Bonchev–Trinajstić information content (AvgIpc) is 3.88. The molecule has 2 unspecified atom stereocenters. The van der Waals surface area contributed by atoms with Gasteiger partial charge in [0.25, 0.3) is 0 Å². The summed E-state index contributed by atoms with van der Waals surface area (Å²) in [5, 5.41) is 4.19. The van der Waals surface area contributed by atoms with Crippen molar-refractivity contribution in [2.75, 3.05) is 64.4 Å². The molecular weight excluding hydrogens is 806 g/mol. The van der Waals surface area contributed by atoms with E-state index < -0.39 is 10.8 Å². The van der Waals surface area contributed by atoms with Crippen LogP contribution in [0.5, 0.6) is 11.5 Å². The zero-order chi connectivity index (χ0) is 41.0. The van der Waals surface area contributed by atoms with Gasteiger partial charge >= 0.3 is 11.9 Å². The minimum absolute atomic E-state index is 0. The highest BCUT2D eigenvalue weighted by Crippen LogP contribution is 2.29. The topological polar surface area (TPSA) is 94.6 Å². The molecule has 0 radical (unpaired) electrons. The van der Waals surface area contributed by atoms with Gasteiger partial charge in [-0.25, -0.2) is 0 Å². The number of halogens is 1. The van der Waals surface area contributed by atoms with E-state index >= 15 is 0 Å². The van der Waals surface area contributed by atoms with Crippen molar-refractivity contribution in [3.05, 3.63) is 92.3 Å². The third-order valence-corrected chi connectivity index (χ3v) is 11.2. The van der Waals surface area contributed by atoms with Gasteiger partial charge in [-0.1, -0.05) is 12.1 Å². The van der Waals surface area contributed by atoms with Crippen LogP contribution >= 0.6 is 39.9 Å². The third kappa shape index (κ3) is 18.2. The number of anilines is 2. The fraction of sp³-hybridized carbons (Fsp3) is 0.405. The lowest BCUT2D eigenvalue weighted by atomic mass is 9.97. The van der Waals surface area contributed by atoms with E-state index in [1.54, 1.807) is 30.6 Å². The quantitative estimate of drug-likeness (QED) is 0.0717. The summed E-state index contributed by atoms with van der Waals surface area (Å²) in [5.74, 6) is 0.942. The molecule has 2 aromatic carbocycles. The Morgan fingerprint density at radius 1 is 0.732 bits per heavy atom. The molecule has 308 valence electrons. The highest BCUT2D eigenvalue weighted by molar-refractivity contribution is 8.02. The molecule has 0 aliphatic carbocycles. The second kappa shape index (κ2) is 25.7. The van der Waals surface area contributed by atoms with Gasteiger partial charge in [-0.05, 0) is 110 Å². The van der Waals surface area contributed by atoms with Crippen molar-refractivity contribution in [2.45, 2.75) is 47.7 Å². The van der Waals surface area contributed by atoms with Crippen molar-refractivity contribution in [1.29, 1.82) is 0 Å². The van der Waals surface area contributed by atoms with E-state index in [0.717, 1.165) is 37.2 Å². The maximum Gasteiger partial charge on any atom is 0.311 e. The zero-order valence-corrected chi connectivity index (χ0v) is 39.2. The van der Waals surface area contributed by atoms with Crippen LogP contribution in [0.15, 0.2) is 71.4 Å². The van der Waals surface area contributed by atoms with Crippen molar-refractivity contribution in [3.8, 4) is 11.5 Å². The van der Waals surface area contributed by atoms with Gasteiger partial charge in [0.2, 0.25) is 0 Å². The van der Waals surface area contributed by atoms with Crippen LogP contribution in [0.2, 0.25) is 0 Å². The number of nitrogens with zero attached hydrogens (tertiary/aromatic N) is 2. The smallest absolute Gasteiger partial charge is 0.311 e. The van der Waals surface area contributed by atoms with E-state index in [1.807, 2.05) is 107 Å². The van der Waals surface area contributed by atoms with Crippen molar-refractivity contribution in [2.24, 2.45) is 10.8 Å². The number of methoxy groups -OCH3 is 2. The average molecular weight is 865 g/mol. The van der Waals surface area contributed by atoms with Crippen molar-refractivity contribution in [1.82, 2.24) is 0 Å². The van der Waals surface area contributed by atoms with Crippen LogP contribution in [0.1, 0.15) is 67.2 Å². The summed E-state index contributed by atoms with van der Waals surface area (Å²) in [4.78, 5) is 41.1. The molecule has 14 heteroatoms. The number of likely N-dealkylation sites (N-methyl/N-ethyl adjacent to an activating group) is 2.